The molecule has 0 spiro atoms. The molecule has 0 saturated carbocycles. The SMILES string of the molecule is CC(C)(C)OC(=O)Cc1cn(C(=O)O)c2ccc(B3OC(C)(C)C(C)(C)O3)cc12. The van der Waals surface area contributed by atoms with E-state index in [1.807, 2.05) is 33.8 Å². The molecule has 3 rings (SSSR count). The first-order valence-corrected chi connectivity index (χ1v) is 9.65. The van der Waals surface area contributed by atoms with Crippen LogP contribution in [0.3, 0.4) is 0 Å². The van der Waals surface area contributed by atoms with E-state index in [0.717, 1.165) is 10.0 Å². The molecule has 1 fully saturated rings. The monoisotopic (exact) mass is 401 g/mol. The lowest BCUT2D eigenvalue weighted by Gasteiger charge is -2.32. The topological polar surface area (TPSA) is 87.0 Å². The molecule has 7 nitrogen and oxygen atoms in total. The summed E-state index contributed by atoms with van der Waals surface area (Å²) in [6, 6.07) is 5.33. The third-order valence-corrected chi connectivity index (χ3v) is 5.40. The zero-order valence-electron chi connectivity index (χ0n) is 18.0. The minimum absolute atomic E-state index is 0.0269. The largest absolute Gasteiger partial charge is 0.494 e. The highest BCUT2D eigenvalue weighted by Crippen LogP contribution is 2.36. The van der Waals surface area contributed by atoms with Crippen molar-refractivity contribution in [2.24, 2.45) is 0 Å². The number of aromatic nitrogens is 1. The van der Waals surface area contributed by atoms with E-state index in [9.17, 15) is 14.7 Å². The van der Waals surface area contributed by atoms with Gasteiger partial charge < -0.3 is 19.2 Å². The van der Waals surface area contributed by atoms with Crippen molar-refractivity contribution in [3.8, 4) is 0 Å². The van der Waals surface area contributed by atoms with E-state index < -0.39 is 36.0 Å². The van der Waals surface area contributed by atoms with Gasteiger partial charge in [0.25, 0.3) is 0 Å². The number of carboxylic acid groups (broad SMARTS) is 1. The summed E-state index contributed by atoms with van der Waals surface area (Å²) in [6.07, 6.45) is 0.319. The molecule has 0 amide bonds. The van der Waals surface area contributed by atoms with Crippen LogP contribution < -0.4 is 5.46 Å². The Kier molecular flexibility index (Phi) is 5.08. The summed E-state index contributed by atoms with van der Waals surface area (Å²) in [7, 11) is -0.577. The Balaban J connectivity index is 2.00. The predicted octanol–water partition coefficient (Wildman–Crippen LogP) is 3.35. The van der Waals surface area contributed by atoms with Gasteiger partial charge in [0.05, 0.1) is 23.1 Å². The normalized spacial score (nSPS) is 18.2. The molecule has 1 aromatic heterocycles. The van der Waals surface area contributed by atoms with Crippen LogP contribution in [0.1, 0.15) is 54.0 Å². The number of hydrogen-bond donors (Lipinski definition) is 1. The summed E-state index contributed by atoms with van der Waals surface area (Å²) in [6.45, 7) is 13.3. The maximum absolute atomic E-state index is 12.3. The highest BCUT2D eigenvalue weighted by Gasteiger charge is 2.51. The van der Waals surface area contributed by atoms with Crippen LogP contribution >= 0.6 is 0 Å². The van der Waals surface area contributed by atoms with Crippen LogP contribution in [0.25, 0.3) is 10.9 Å². The molecular weight excluding hydrogens is 373 g/mol. The molecule has 2 aromatic rings. The number of carbonyl (C=O) groups is 2. The van der Waals surface area contributed by atoms with Gasteiger partial charge in [0.2, 0.25) is 0 Å². The first-order valence-electron chi connectivity index (χ1n) is 9.65. The van der Waals surface area contributed by atoms with Crippen molar-refractivity contribution in [1.29, 1.82) is 0 Å². The minimum Gasteiger partial charge on any atom is -0.464 e. The lowest BCUT2D eigenvalue weighted by atomic mass is 9.78. The number of ether oxygens (including phenoxy) is 1. The Morgan fingerprint density at radius 1 is 1.14 bits per heavy atom. The first-order chi connectivity index (χ1) is 13.2. The molecular formula is C21H28BNO6. The molecule has 0 bridgehead atoms. The molecule has 0 atom stereocenters. The van der Waals surface area contributed by atoms with Gasteiger partial charge in [-0.2, -0.15) is 0 Å². The number of hydrogen-bond acceptors (Lipinski definition) is 5. The van der Waals surface area contributed by atoms with Crippen molar-refractivity contribution in [2.45, 2.75) is 71.7 Å². The van der Waals surface area contributed by atoms with Gasteiger partial charge in [0.15, 0.2) is 0 Å². The van der Waals surface area contributed by atoms with Crippen LogP contribution in [0.5, 0.6) is 0 Å². The summed E-state index contributed by atoms with van der Waals surface area (Å²) in [5.41, 5.74) is 0.254. The molecule has 2 heterocycles. The van der Waals surface area contributed by atoms with Crippen molar-refractivity contribution < 1.29 is 28.7 Å². The average molecular weight is 401 g/mol. The van der Waals surface area contributed by atoms with E-state index in [2.05, 4.69) is 0 Å². The highest BCUT2D eigenvalue weighted by molar-refractivity contribution is 6.62. The number of fused-ring (bicyclic) bond motifs is 1. The number of nitrogens with zero attached hydrogens (tertiary/aromatic N) is 1. The molecule has 0 unspecified atom stereocenters. The lowest BCUT2D eigenvalue weighted by Crippen LogP contribution is -2.41. The van der Waals surface area contributed by atoms with Crippen LogP contribution in [-0.4, -0.2) is 45.7 Å². The zero-order chi connectivity index (χ0) is 21.8. The molecule has 29 heavy (non-hydrogen) atoms. The highest BCUT2D eigenvalue weighted by atomic mass is 16.7. The van der Waals surface area contributed by atoms with Crippen LogP contribution in [0.4, 0.5) is 4.79 Å². The third-order valence-electron chi connectivity index (χ3n) is 5.40. The van der Waals surface area contributed by atoms with E-state index in [-0.39, 0.29) is 6.42 Å². The van der Waals surface area contributed by atoms with Crippen molar-refractivity contribution in [3.05, 3.63) is 30.0 Å². The van der Waals surface area contributed by atoms with E-state index in [1.165, 1.54) is 6.20 Å². The summed E-state index contributed by atoms with van der Waals surface area (Å²) in [5.74, 6) is -0.414. The minimum atomic E-state index is -1.12. The molecule has 0 aliphatic carbocycles. The van der Waals surface area contributed by atoms with E-state index in [4.69, 9.17) is 14.0 Å². The van der Waals surface area contributed by atoms with Gasteiger partial charge in [0.1, 0.15) is 5.60 Å². The molecule has 1 aliphatic heterocycles. The second kappa shape index (κ2) is 6.88. The van der Waals surface area contributed by atoms with Crippen molar-refractivity contribution in [2.75, 3.05) is 0 Å². The van der Waals surface area contributed by atoms with Crippen molar-refractivity contribution in [3.63, 3.8) is 0 Å². The quantitative estimate of drug-likeness (QED) is 0.627. The van der Waals surface area contributed by atoms with Gasteiger partial charge in [-0.15, -0.1) is 0 Å². The maximum Gasteiger partial charge on any atom is 0.494 e. The van der Waals surface area contributed by atoms with Gasteiger partial charge in [-0.1, -0.05) is 12.1 Å². The van der Waals surface area contributed by atoms with E-state index >= 15 is 0 Å². The van der Waals surface area contributed by atoms with Crippen LogP contribution in [-0.2, 0) is 25.3 Å². The maximum atomic E-state index is 12.3. The van der Waals surface area contributed by atoms with Crippen molar-refractivity contribution >= 4 is 35.5 Å². The molecule has 1 aliphatic rings. The smallest absolute Gasteiger partial charge is 0.464 e. The van der Waals surface area contributed by atoms with Gasteiger partial charge >= 0.3 is 19.2 Å². The summed E-state index contributed by atoms with van der Waals surface area (Å²) in [5, 5.41) is 10.2. The summed E-state index contributed by atoms with van der Waals surface area (Å²) < 4.78 is 18.7. The second-order valence-corrected chi connectivity index (χ2v) is 9.43. The standard InChI is InChI=1S/C21H28BNO6/c1-19(2,3)27-17(24)10-13-12-23(18(25)26)16-9-8-14(11-15(13)16)22-28-20(4,5)21(6,7)29-22/h8-9,11-12H,10H2,1-7H3,(H,25,26). The van der Waals surface area contributed by atoms with E-state index in [1.54, 1.807) is 32.9 Å². The Morgan fingerprint density at radius 3 is 2.24 bits per heavy atom. The number of benzene rings is 1. The number of esters is 1. The van der Waals surface area contributed by atoms with Crippen LogP contribution in [0, 0.1) is 0 Å². The number of carbonyl (C=O) groups excluding carboxylic acids is 1. The molecule has 8 heteroatoms. The molecule has 0 radical (unpaired) electrons. The Bertz CT molecular complexity index is 953. The predicted molar refractivity (Wildman–Crippen MR) is 111 cm³/mol. The Labute approximate surface area is 171 Å². The fourth-order valence-corrected chi connectivity index (χ4v) is 3.27. The molecule has 1 aromatic carbocycles. The van der Waals surface area contributed by atoms with Crippen molar-refractivity contribution in [1.82, 2.24) is 4.57 Å². The fourth-order valence-electron chi connectivity index (χ4n) is 3.27. The molecule has 156 valence electrons. The van der Waals surface area contributed by atoms with Gasteiger partial charge in [0, 0.05) is 11.6 Å². The third kappa shape index (κ3) is 4.18. The Hall–Kier alpha value is -2.32. The zero-order valence-corrected chi connectivity index (χ0v) is 18.0. The first kappa shape index (κ1) is 21.4. The van der Waals surface area contributed by atoms with Gasteiger partial charge in [-0.05, 0) is 65.6 Å². The van der Waals surface area contributed by atoms with Crippen LogP contribution in [0.15, 0.2) is 24.4 Å². The summed E-state index contributed by atoms with van der Waals surface area (Å²) in [4.78, 5) is 24.0. The average Bonchev–Trinajstić information content (AvgIpc) is 3.00. The summed E-state index contributed by atoms with van der Waals surface area (Å²) >= 11 is 0. The Morgan fingerprint density at radius 2 is 1.72 bits per heavy atom. The second-order valence-electron chi connectivity index (χ2n) is 9.43. The van der Waals surface area contributed by atoms with E-state index in [0.29, 0.717) is 16.5 Å². The number of rotatable bonds is 3. The fraction of sp³-hybridized carbons (Fsp3) is 0.524. The van der Waals surface area contributed by atoms with Crippen LogP contribution in [0.2, 0.25) is 0 Å². The van der Waals surface area contributed by atoms with Gasteiger partial charge in [-0.25, -0.2) is 4.79 Å². The lowest BCUT2D eigenvalue weighted by molar-refractivity contribution is -0.153. The van der Waals surface area contributed by atoms with Gasteiger partial charge in [-0.3, -0.25) is 9.36 Å². The molecule has 1 N–H and O–H groups in total. The molecule has 1 saturated heterocycles.